The van der Waals surface area contributed by atoms with Gasteiger partial charge in [-0.2, -0.15) is 14.6 Å². The number of amides is 1. The number of nitrogens with zero attached hydrogens (tertiary/aromatic N) is 5. The Morgan fingerprint density at radius 3 is 2.81 bits per heavy atom. The highest BCUT2D eigenvalue weighted by Gasteiger charge is 2.28. The zero-order chi connectivity index (χ0) is 18.8. The molecule has 0 N–H and O–H groups in total. The maximum atomic E-state index is 13.4. The monoisotopic (exact) mass is 377 g/mol. The molecule has 2 fully saturated rings. The van der Waals surface area contributed by atoms with Crippen LogP contribution in [0.3, 0.4) is 0 Å². The van der Waals surface area contributed by atoms with E-state index in [0.29, 0.717) is 24.6 Å². The number of halogens is 2. The molecule has 1 aliphatic carbocycles. The molecule has 1 saturated heterocycles. The van der Waals surface area contributed by atoms with E-state index in [1.165, 1.54) is 38.1 Å². The van der Waals surface area contributed by atoms with Gasteiger partial charge >= 0.3 is 0 Å². The summed E-state index contributed by atoms with van der Waals surface area (Å²) in [6, 6.07) is 1.42. The van der Waals surface area contributed by atoms with Crippen molar-refractivity contribution in [1.82, 2.24) is 24.5 Å². The molecule has 4 rings (SSSR count). The third-order valence-corrected chi connectivity index (χ3v) is 5.96. The fraction of sp³-hybridized carbons (Fsp3) is 0.684. The van der Waals surface area contributed by atoms with Crippen molar-refractivity contribution in [2.24, 2.45) is 5.92 Å². The van der Waals surface area contributed by atoms with Gasteiger partial charge in [0.15, 0.2) is 0 Å². The average Bonchev–Trinajstić information content (AvgIpc) is 3.36. The van der Waals surface area contributed by atoms with Crippen molar-refractivity contribution in [3.8, 4) is 0 Å². The minimum Gasteiger partial charge on any atom is -0.342 e. The molecule has 1 unspecified atom stereocenters. The zero-order valence-electron chi connectivity index (χ0n) is 15.4. The number of carbonyl (C=O) groups is 1. The van der Waals surface area contributed by atoms with Gasteiger partial charge in [0.25, 0.3) is 12.2 Å². The molecule has 2 aromatic rings. The van der Waals surface area contributed by atoms with Gasteiger partial charge in [-0.3, -0.25) is 4.79 Å². The molecule has 2 aliphatic rings. The molecule has 1 amide bonds. The molecule has 2 aromatic heterocycles. The van der Waals surface area contributed by atoms with E-state index in [-0.39, 0.29) is 23.3 Å². The van der Waals surface area contributed by atoms with E-state index in [4.69, 9.17) is 0 Å². The zero-order valence-corrected chi connectivity index (χ0v) is 15.4. The Balaban J connectivity index is 1.46. The highest BCUT2D eigenvalue weighted by atomic mass is 19.3. The largest absolute Gasteiger partial charge is 0.342 e. The van der Waals surface area contributed by atoms with Crippen LogP contribution in [0.1, 0.15) is 75.1 Å². The number of likely N-dealkylation sites (tertiary alicyclic amines) is 1. The second-order valence-corrected chi connectivity index (χ2v) is 7.75. The second kappa shape index (κ2) is 7.86. The lowest BCUT2D eigenvalue weighted by atomic mass is 9.93. The Labute approximate surface area is 157 Å². The Kier molecular flexibility index (Phi) is 5.31. The summed E-state index contributed by atoms with van der Waals surface area (Å²) in [6.45, 7) is 1.29. The van der Waals surface area contributed by atoms with Gasteiger partial charge in [-0.15, -0.1) is 0 Å². The predicted octanol–water partition coefficient (Wildman–Crippen LogP) is 3.74. The van der Waals surface area contributed by atoms with E-state index in [2.05, 4.69) is 15.1 Å². The molecule has 0 bridgehead atoms. The third-order valence-electron chi connectivity index (χ3n) is 5.96. The fourth-order valence-corrected chi connectivity index (χ4v) is 4.45. The molecule has 1 aliphatic heterocycles. The first kappa shape index (κ1) is 18.3. The van der Waals surface area contributed by atoms with Crippen LogP contribution in [-0.4, -0.2) is 43.5 Å². The second-order valence-electron chi connectivity index (χ2n) is 7.75. The van der Waals surface area contributed by atoms with Crippen molar-refractivity contribution in [2.45, 2.75) is 63.7 Å². The van der Waals surface area contributed by atoms with Gasteiger partial charge in [-0.05, 0) is 31.2 Å². The van der Waals surface area contributed by atoms with Crippen molar-refractivity contribution < 1.29 is 13.6 Å². The first-order valence-corrected chi connectivity index (χ1v) is 9.88. The molecule has 6 nitrogen and oxygen atoms in total. The number of fused-ring (bicyclic) bond motifs is 1. The Hall–Kier alpha value is -2.12. The third kappa shape index (κ3) is 3.94. The molecule has 1 saturated carbocycles. The number of carbonyl (C=O) groups excluding carboxylic acids is 1. The van der Waals surface area contributed by atoms with Crippen molar-refractivity contribution in [3.63, 3.8) is 0 Å². The number of rotatable bonds is 5. The molecule has 0 radical (unpaired) electrons. The Bertz CT molecular complexity index is 802. The quantitative estimate of drug-likeness (QED) is 0.796. The van der Waals surface area contributed by atoms with Gasteiger partial charge in [0.1, 0.15) is 12.0 Å². The molecular formula is C19H25F2N5O. The van der Waals surface area contributed by atoms with Crippen LogP contribution in [0, 0.1) is 5.92 Å². The highest BCUT2D eigenvalue weighted by molar-refractivity contribution is 5.76. The lowest BCUT2D eigenvalue weighted by molar-refractivity contribution is -0.132. The first-order chi connectivity index (χ1) is 13.1. The van der Waals surface area contributed by atoms with Crippen molar-refractivity contribution in [3.05, 3.63) is 23.8 Å². The van der Waals surface area contributed by atoms with Gasteiger partial charge in [0, 0.05) is 25.4 Å². The average molecular weight is 377 g/mol. The van der Waals surface area contributed by atoms with Gasteiger partial charge in [0.05, 0.1) is 5.69 Å². The molecule has 146 valence electrons. The number of hydrogen-bond donors (Lipinski definition) is 0. The van der Waals surface area contributed by atoms with Crippen LogP contribution in [-0.2, 0) is 4.79 Å². The van der Waals surface area contributed by atoms with E-state index in [1.54, 1.807) is 0 Å². The highest BCUT2D eigenvalue weighted by Crippen LogP contribution is 2.31. The maximum absolute atomic E-state index is 13.4. The van der Waals surface area contributed by atoms with Crippen molar-refractivity contribution in [2.75, 3.05) is 13.1 Å². The number of hydrogen-bond acceptors (Lipinski definition) is 4. The molecule has 27 heavy (non-hydrogen) atoms. The molecule has 0 aromatic carbocycles. The normalized spacial score (nSPS) is 21.4. The number of alkyl halides is 2. The van der Waals surface area contributed by atoms with Crippen LogP contribution in [0.15, 0.2) is 12.4 Å². The van der Waals surface area contributed by atoms with E-state index in [1.807, 2.05) is 4.90 Å². The Morgan fingerprint density at radius 2 is 2.04 bits per heavy atom. The van der Waals surface area contributed by atoms with Crippen LogP contribution < -0.4 is 0 Å². The van der Waals surface area contributed by atoms with Gasteiger partial charge in [-0.25, -0.2) is 13.8 Å². The summed E-state index contributed by atoms with van der Waals surface area (Å²) in [5, 5.41) is 3.83. The minimum absolute atomic E-state index is 0.0339. The molecule has 8 heteroatoms. The van der Waals surface area contributed by atoms with Crippen molar-refractivity contribution >= 4 is 11.7 Å². The Morgan fingerprint density at radius 1 is 1.22 bits per heavy atom. The predicted molar refractivity (Wildman–Crippen MR) is 95.5 cm³/mol. The topological polar surface area (TPSA) is 63.4 Å². The number of piperidine rings is 1. The summed E-state index contributed by atoms with van der Waals surface area (Å²) >= 11 is 0. The van der Waals surface area contributed by atoms with E-state index >= 15 is 0 Å². The standard InChI is InChI=1S/C19H25F2N5O/c20-18(21)16-10-15(24-19-22-12-23-26(16)19)14-6-3-9-25(11-14)17(27)8-7-13-4-1-2-5-13/h10,12-14,18H,1-9,11H2. The lowest BCUT2D eigenvalue weighted by Gasteiger charge is -2.33. The van der Waals surface area contributed by atoms with Crippen LogP contribution in [0.25, 0.3) is 5.78 Å². The van der Waals surface area contributed by atoms with Crippen molar-refractivity contribution in [1.29, 1.82) is 0 Å². The van der Waals surface area contributed by atoms with E-state index in [0.717, 1.165) is 30.3 Å². The minimum atomic E-state index is -2.65. The summed E-state index contributed by atoms with van der Waals surface area (Å²) in [6.07, 6.45) is 6.91. The molecular weight excluding hydrogens is 352 g/mol. The van der Waals surface area contributed by atoms with Gasteiger partial charge in [0.2, 0.25) is 5.91 Å². The van der Waals surface area contributed by atoms with Gasteiger partial charge in [-0.1, -0.05) is 25.7 Å². The smallest absolute Gasteiger partial charge is 0.280 e. The van der Waals surface area contributed by atoms with E-state index in [9.17, 15) is 13.6 Å². The van der Waals surface area contributed by atoms with Crippen LogP contribution >= 0.6 is 0 Å². The lowest BCUT2D eigenvalue weighted by Crippen LogP contribution is -2.39. The first-order valence-electron chi connectivity index (χ1n) is 9.88. The summed E-state index contributed by atoms with van der Waals surface area (Å²) < 4.78 is 27.9. The molecule has 3 heterocycles. The van der Waals surface area contributed by atoms with E-state index < -0.39 is 6.43 Å². The molecule has 0 spiro atoms. The maximum Gasteiger partial charge on any atom is 0.280 e. The summed E-state index contributed by atoms with van der Waals surface area (Å²) in [7, 11) is 0. The number of aromatic nitrogens is 4. The summed E-state index contributed by atoms with van der Waals surface area (Å²) in [5.74, 6) is 1.03. The van der Waals surface area contributed by atoms with Gasteiger partial charge < -0.3 is 4.90 Å². The fourth-order valence-electron chi connectivity index (χ4n) is 4.45. The van der Waals surface area contributed by atoms with Crippen LogP contribution in [0.5, 0.6) is 0 Å². The SMILES string of the molecule is O=C(CCC1CCCC1)N1CCCC(c2cc(C(F)F)n3ncnc3n2)C1. The van der Waals surface area contributed by atoms with Crippen LogP contribution in [0.4, 0.5) is 8.78 Å². The van der Waals surface area contributed by atoms with Crippen LogP contribution in [0.2, 0.25) is 0 Å². The summed E-state index contributed by atoms with van der Waals surface area (Å²) in [4.78, 5) is 22.9. The summed E-state index contributed by atoms with van der Waals surface area (Å²) in [5.41, 5.74) is 0.385. The molecule has 1 atom stereocenters.